The van der Waals surface area contributed by atoms with Crippen molar-refractivity contribution in [2.75, 3.05) is 18.1 Å². The number of carbonyl (C=O) groups excluding carboxylic acids is 2. The van der Waals surface area contributed by atoms with Crippen molar-refractivity contribution in [3.8, 4) is 0 Å². The number of nitrogens with zero attached hydrogens (tertiary/aromatic N) is 1. The van der Waals surface area contributed by atoms with Crippen LogP contribution in [0.2, 0.25) is 0 Å². The van der Waals surface area contributed by atoms with Crippen molar-refractivity contribution in [1.82, 2.24) is 0 Å². The molecule has 0 saturated heterocycles. The largest absolute Gasteiger partial charge is 0.464 e. The minimum absolute atomic E-state index is 0.0747. The predicted molar refractivity (Wildman–Crippen MR) is 138 cm³/mol. The van der Waals surface area contributed by atoms with Gasteiger partial charge in [-0.15, -0.1) is 0 Å². The van der Waals surface area contributed by atoms with Crippen molar-refractivity contribution in [2.45, 2.75) is 38.5 Å². The van der Waals surface area contributed by atoms with E-state index >= 15 is 0 Å². The number of thioether (sulfide) groups is 1. The Balaban J connectivity index is 1.71. The molecule has 172 valence electrons. The second-order valence-electron chi connectivity index (χ2n) is 8.43. The normalized spacial score (nSPS) is 22.6. The molecule has 0 aromatic heterocycles. The Morgan fingerprint density at radius 3 is 2.61 bits per heavy atom. The zero-order valence-electron chi connectivity index (χ0n) is 18.9. The van der Waals surface area contributed by atoms with E-state index in [0.717, 1.165) is 32.8 Å². The summed E-state index contributed by atoms with van der Waals surface area (Å²) in [5.41, 5.74) is 4.29. The van der Waals surface area contributed by atoms with Crippen molar-refractivity contribution in [3.63, 3.8) is 0 Å². The van der Waals surface area contributed by atoms with E-state index in [0.29, 0.717) is 30.7 Å². The number of rotatable bonds is 7. The Bertz CT molecular complexity index is 1100. The topological polar surface area (TPSA) is 55.7 Å². The van der Waals surface area contributed by atoms with Gasteiger partial charge in [-0.3, -0.25) is 14.6 Å². The summed E-state index contributed by atoms with van der Waals surface area (Å²) < 4.78 is 6.57. The molecule has 1 aliphatic carbocycles. The van der Waals surface area contributed by atoms with Gasteiger partial charge in [-0.25, -0.2) is 0 Å². The summed E-state index contributed by atoms with van der Waals surface area (Å²) in [6.45, 7) is 4.33. The van der Waals surface area contributed by atoms with E-state index < -0.39 is 5.92 Å². The lowest BCUT2D eigenvalue weighted by Crippen LogP contribution is -2.38. The Labute approximate surface area is 208 Å². The fourth-order valence-corrected chi connectivity index (χ4v) is 5.73. The molecule has 6 heteroatoms. The van der Waals surface area contributed by atoms with Crippen LogP contribution < -0.4 is 0 Å². The number of ketones is 1. The van der Waals surface area contributed by atoms with Gasteiger partial charge in [0, 0.05) is 39.5 Å². The number of halogens is 1. The molecule has 0 radical (unpaired) electrons. The van der Waals surface area contributed by atoms with Gasteiger partial charge in [-0.05, 0) is 48.3 Å². The highest BCUT2D eigenvalue weighted by Crippen LogP contribution is 2.47. The zero-order valence-corrected chi connectivity index (χ0v) is 21.3. The van der Waals surface area contributed by atoms with Crippen LogP contribution in [0.4, 0.5) is 0 Å². The van der Waals surface area contributed by atoms with Gasteiger partial charge in [0.2, 0.25) is 0 Å². The minimum atomic E-state index is -0.595. The zero-order chi connectivity index (χ0) is 23.4. The van der Waals surface area contributed by atoms with Gasteiger partial charge in [0.1, 0.15) is 12.5 Å². The quantitative estimate of drug-likeness (QED) is 0.313. The van der Waals surface area contributed by atoms with Gasteiger partial charge < -0.3 is 4.74 Å². The van der Waals surface area contributed by atoms with Crippen molar-refractivity contribution in [2.24, 2.45) is 10.9 Å². The fourth-order valence-electron chi connectivity index (χ4n) is 4.82. The molecule has 0 fully saturated rings. The number of carbonyl (C=O) groups is 2. The number of Topliss-reactive ketones (excluding diaryl/α,β-unsaturated/α-hetero) is 1. The number of aliphatic imine (C=N–C) groups is 1. The summed E-state index contributed by atoms with van der Waals surface area (Å²) in [6, 6.07) is 18.0. The lowest BCUT2D eigenvalue weighted by molar-refractivity contribution is -0.145. The van der Waals surface area contributed by atoms with Crippen molar-refractivity contribution >= 4 is 45.2 Å². The number of benzene rings is 2. The van der Waals surface area contributed by atoms with E-state index in [9.17, 15) is 9.59 Å². The molecule has 2 aromatic carbocycles. The highest BCUT2D eigenvalue weighted by molar-refractivity contribution is 9.10. The van der Waals surface area contributed by atoms with Gasteiger partial charge in [0.05, 0.1) is 0 Å². The standard InChI is InChI=1S/C27H28BrNO3S/c1-3-33-13-12-32-27(31)24-17(2)29-22-15-20(18-8-5-4-6-9-18)16-23(30)26(22)25(24)19-10-7-11-21(28)14-19/h4-11,14,20,24-25H,3,12-13,15-16H2,1-2H3/t20-,24?,25+/m1/s1. The van der Waals surface area contributed by atoms with Gasteiger partial charge in [-0.1, -0.05) is 65.3 Å². The summed E-state index contributed by atoms with van der Waals surface area (Å²) in [4.78, 5) is 31.6. The first-order chi connectivity index (χ1) is 16.0. The average Bonchev–Trinajstić information content (AvgIpc) is 2.81. The average molecular weight is 526 g/mol. The molecule has 0 bridgehead atoms. The van der Waals surface area contributed by atoms with Crippen LogP contribution in [-0.2, 0) is 14.3 Å². The first-order valence-electron chi connectivity index (χ1n) is 11.4. The second kappa shape index (κ2) is 10.8. The smallest absolute Gasteiger partial charge is 0.315 e. The van der Waals surface area contributed by atoms with E-state index in [-0.39, 0.29) is 23.6 Å². The van der Waals surface area contributed by atoms with Gasteiger partial charge >= 0.3 is 5.97 Å². The van der Waals surface area contributed by atoms with Crippen LogP contribution >= 0.6 is 27.7 Å². The molecule has 2 aromatic rings. The third-order valence-electron chi connectivity index (χ3n) is 6.30. The Morgan fingerprint density at radius 2 is 1.88 bits per heavy atom. The fraction of sp³-hybridized carbons (Fsp3) is 0.370. The molecule has 0 saturated carbocycles. The maximum atomic E-state index is 13.6. The van der Waals surface area contributed by atoms with E-state index in [1.807, 2.05) is 49.4 Å². The van der Waals surface area contributed by atoms with Crippen LogP contribution in [0.3, 0.4) is 0 Å². The summed E-state index contributed by atoms with van der Waals surface area (Å²) in [5.74, 6) is 0.640. The Morgan fingerprint density at radius 1 is 1.12 bits per heavy atom. The molecule has 33 heavy (non-hydrogen) atoms. The molecule has 1 aliphatic heterocycles. The van der Waals surface area contributed by atoms with Gasteiger partial charge in [-0.2, -0.15) is 11.8 Å². The monoisotopic (exact) mass is 525 g/mol. The van der Waals surface area contributed by atoms with Crippen molar-refractivity contribution < 1.29 is 14.3 Å². The molecule has 4 nitrogen and oxygen atoms in total. The molecule has 1 heterocycles. The van der Waals surface area contributed by atoms with Crippen LogP contribution in [-0.4, -0.2) is 35.6 Å². The van der Waals surface area contributed by atoms with Crippen LogP contribution in [0.1, 0.15) is 49.7 Å². The third kappa shape index (κ3) is 5.33. The third-order valence-corrected chi connectivity index (χ3v) is 7.65. The van der Waals surface area contributed by atoms with E-state index in [1.165, 1.54) is 0 Å². The van der Waals surface area contributed by atoms with Crippen LogP contribution in [0.5, 0.6) is 0 Å². The summed E-state index contributed by atoms with van der Waals surface area (Å²) >= 11 is 5.29. The molecular formula is C27H28BrNO3S. The van der Waals surface area contributed by atoms with Crippen molar-refractivity contribution in [3.05, 3.63) is 81.5 Å². The molecule has 3 atom stereocenters. The predicted octanol–water partition coefficient (Wildman–Crippen LogP) is 6.32. The highest BCUT2D eigenvalue weighted by Gasteiger charge is 2.44. The lowest BCUT2D eigenvalue weighted by atomic mass is 9.69. The number of hydrogen-bond donors (Lipinski definition) is 0. The summed E-state index contributed by atoms with van der Waals surface area (Å²) in [6.07, 6.45) is 1.12. The van der Waals surface area contributed by atoms with E-state index in [2.05, 4.69) is 35.0 Å². The molecule has 0 N–H and O–H groups in total. The minimum Gasteiger partial charge on any atom is -0.464 e. The van der Waals surface area contributed by atoms with Gasteiger partial charge in [0.15, 0.2) is 5.78 Å². The second-order valence-corrected chi connectivity index (χ2v) is 10.7. The summed E-state index contributed by atoms with van der Waals surface area (Å²) in [5, 5.41) is 0. The van der Waals surface area contributed by atoms with Crippen molar-refractivity contribution in [1.29, 1.82) is 0 Å². The molecule has 2 aliphatic rings. The SMILES string of the molecule is CCSCCOC(=O)C1C(C)=NC2=C(C(=O)C[C@H](c3ccccc3)C2)[C@H]1c1cccc(Br)c1. The maximum absolute atomic E-state index is 13.6. The number of hydrogen-bond acceptors (Lipinski definition) is 5. The maximum Gasteiger partial charge on any atom is 0.315 e. The number of ether oxygens (including phenoxy) is 1. The van der Waals surface area contributed by atoms with E-state index in [4.69, 9.17) is 9.73 Å². The highest BCUT2D eigenvalue weighted by atomic mass is 79.9. The molecule has 1 unspecified atom stereocenters. The number of esters is 1. The molecule has 4 rings (SSSR count). The molecule has 0 amide bonds. The molecule has 0 spiro atoms. The first-order valence-corrected chi connectivity index (χ1v) is 13.3. The van der Waals surface area contributed by atoms with Crippen LogP contribution in [0.25, 0.3) is 0 Å². The van der Waals surface area contributed by atoms with Crippen LogP contribution in [0, 0.1) is 5.92 Å². The Hall–Kier alpha value is -2.18. The number of allylic oxidation sites excluding steroid dienone is 2. The molecular weight excluding hydrogens is 498 g/mol. The first kappa shape index (κ1) is 24.0. The van der Waals surface area contributed by atoms with E-state index in [1.54, 1.807) is 11.8 Å². The summed E-state index contributed by atoms with van der Waals surface area (Å²) in [7, 11) is 0. The lowest BCUT2D eigenvalue weighted by Gasteiger charge is -2.36. The van der Waals surface area contributed by atoms with Crippen LogP contribution in [0.15, 0.2) is 75.3 Å². The van der Waals surface area contributed by atoms with Gasteiger partial charge in [0.25, 0.3) is 0 Å². The Kier molecular flexibility index (Phi) is 7.86.